The van der Waals surface area contributed by atoms with E-state index < -0.39 is 124 Å². The summed E-state index contributed by atoms with van der Waals surface area (Å²) in [6.45, 7) is 24.9. The molecule has 33 heteroatoms. The molecule has 6 unspecified atom stereocenters. The number of aliphatic carboxylic acids is 1. The minimum Gasteiger partial charge on any atom is -0.481 e. The average molecular weight is 1670 g/mol. The smallest absolute Gasteiger partial charge is 0.323 e. The Bertz CT molecular complexity index is 3000. The van der Waals surface area contributed by atoms with Crippen LogP contribution in [0.25, 0.3) is 4.85 Å². The number of Topliss-reactive ketones (excluding diaryl/α,β-unsaturated/α-hetero) is 3. The number of nitrogens with zero attached hydrogens (tertiary/aromatic N) is 3. The predicted molar refractivity (Wildman–Crippen MR) is 431 cm³/mol. The van der Waals surface area contributed by atoms with Crippen molar-refractivity contribution >= 4 is 114 Å². The summed E-state index contributed by atoms with van der Waals surface area (Å²) in [5.74, 6) is -4.41. The van der Waals surface area contributed by atoms with Crippen LogP contribution in [0.5, 0.6) is 0 Å². The highest BCUT2D eigenvalue weighted by molar-refractivity contribution is 8.76. The van der Waals surface area contributed by atoms with Crippen molar-refractivity contribution in [1.82, 2.24) is 15.2 Å². The minimum absolute atomic E-state index is 0.0122. The molecule has 1 amide bonds. The van der Waals surface area contributed by atoms with Crippen molar-refractivity contribution in [3.05, 3.63) is 35.8 Å². The van der Waals surface area contributed by atoms with Gasteiger partial charge in [0.1, 0.15) is 74.8 Å². The normalized spacial score (nSPS) is 19.0. The van der Waals surface area contributed by atoms with Gasteiger partial charge in [0, 0.05) is 111 Å². The summed E-state index contributed by atoms with van der Waals surface area (Å²) in [7, 11) is 7.80. The van der Waals surface area contributed by atoms with Gasteiger partial charge in [-0.15, -0.1) is 11.8 Å². The van der Waals surface area contributed by atoms with Crippen LogP contribution in [0.15, 0.2) is 29.4 Å². The molecule has 0 aliphatic carbocycles. The van der Waals surface area contributed by atoms with E-state index in [0.29, 0.717) is 89.2 Å². The first-order valence-corrected chi connectivity index (χ1v) is 43.1. The van der Waals surface area contributed by atoms with E-state index in [0.717, 1.165) is 29.6 Å². The zero-order valence-electron chi connectivity index (χ0n) is 67.6. The summed E-state index contributed by atoms with van der Waals surface area (Å²) >= 11 is 7.98. The molecule has 11 atom stereocenters. The Morgan fingerprint density at radius 3 is 1.70 bits per heavy atom. The maximum absolute atomic E-state index is 15.3. The van der Waals surface area contributed by atoms with Gasteiger partial charge in [-0.05, 0) is 128 Å². The Labute approximate surface area is 679 Å². The second-order valence-corrected chi connectivity index (χ2v) is 35.8. The quantitative estimate of drug-likeness (QED) is 0.0101. The minimum atomic E-state index is -2.14. The fourth-order valence-electron chi connectivity index (χ4n) is 13.3. The number of carbonyl (C=O) groups is 9. The van der Waals surface area contributed by atoms with Crippen molar-refractivity contribution in [2.45, 2.75) is 243 Å². The molecular formula is C78H128N4O24S5. The number of rotatable bonds is 65. The number of esters is 4. The molecule has 1 fully saturated rings. The lowest BCUT2D eigenvalue weighted by Gasteiger charge is -2.48. The summed E-state index contributed by atoms with van der Waals surface area (Å²) in [6, 6.07) is 4.49. The fourth-order valence-corrected chi connectivity index (χ4v) is 18.1. The molecule has 1 saturated heterocycles. The zero-order valence-corrected chi connectivity index (χ0v) is 71.7. The first kappa shape index (κ1) is 103. The van der Waals surface area contributed by atoms with Crippen LogP contribution in [0.2, 0.25) is 0 Å². The Morgan fingerprint density at radius 2 is 1.17 bits per heavy atom. The number of amides is 1. The number of nitrogens with one attached hydrogen (secondary N) is 1. The monoisotopic (exact) mass is 1660 g/mol. The molecule has 1 aromatic rings. The Kier molecular flexibility index (Phi) is 51.7. The van der Waals surface area contributed by atoms with Crippen LogP contribution in [0.3, 0.4) is 0 Å². The van der Waals surface area contributed by atoms with E-state index >= 15 is 14.4 Å². The molecule has 28 nitrogen and oxygen atoms in total. The number of ether oxygens (including phenoxy) is 11. The number of methoxy groups -OCH3 is 1. The van der Waals surface area contributed by atoms with Gasteiger partial charge in [0.25, 0.3) is 0 Å². The summed E-state index contributed by atoms with van der Waals surface area (Å²) in [6.07, 6.45) is 1.37. The summed E-state index contributed by atoms with van der Waals surface area (Å²) in [4.78, 5) is 135. The highest BCUT2D eigenvalue weighted by Gasteiger charge is 2.65. The summed E-state index contributed by atoms with van der Waals surface area (Å²) in [5, 5.41) is 45.2. The largest absolute Gasteiger partial charge is 0.481 e. The number of pyridine rings is 1. The van der Waals surface area contributed by atoms with E-state index in [4.69, 9.17) is 70.9 Å². The molecule has 1 aliphatic heterocycles. The molecule has 2 heterocycles. The van der Waals surface area contributed by atoms with Gasteiger partial charge in [0.2, 0.25) is 11.4 Å². The number of unbranched alkanes of at least 4 members (excludes halogenated alkanes) is 4. The number of aliphatic hydroxyl groups excluding tert-OH is 3. The zero-order chi connectivity index (χ0) is 82.9. The summed E-state index contributed by atoms with van der Waals surface area (Å²) < 4.78 is 61.3. The third-order valence-corrected chi connectivity index (χ3v) is 24.1. The Morgan fingerprint density at radius 1 is 0.622 bits per heavy atom. The number of ketones is 3. The number of carboxylic acid groups (broad SMARTS) is 1. The van der Waals surface area contributed by atoms with E-state index in [2.05, 4.69) is 15.1 Å². The lowest BCUT2D eigenvalue weighted by atomic mass is 9.57. The van der Waals surface area contributed by atoms with Crippen LogP contribution < -0.4 is 5.32 Å². The number of carboxylic acids is 1. The maximum Gasteiger partial charge on any atom is 0.323 e. The van der Waals surface area contributed by atoms with Crippen LogP contribution in [0.1, 0.15) is 197 Å². The lowest BCUT2D eigenvalue weighted by Crippen LogP contribution is -2.64. The second kappa shape index (κ2) is 56.0. The van der Waals surface area contributed by atoms with Crippen molar-refractivity contribution < 1.29 is 116 Å². The standard InChI is InChI=1S/C78H128N4O24S5/c1-14-17-39-102-70(94)75(7,56-78(33-15-2,67(90)91)77(9,110-72(107)108-16-3)71(95)105-50-51-109-111-62-29-21-22-35-80-62)54-73(5,68(92)103-43-36-82(11)12)53-74(6,69(93)104-49-44-96-13)55-76(8,79-10)34-30-58(85)27-24-37-97-45-48-100-42-32-60(87)28-25-38-98-46-47-99-41-31-59(86)26-20-18-19-23-40-101-66-63(81-57(4)84)65(89)64(88)61(52-83)106-66/h21-22,29,35,61,63-66,83,88-89H,14-20,23-28,30-34,36-56H2,1-9,11-13H3,(H,81,84)(H,90,91)/t61-,63-,64+,65-,66-,73?,74?,75?,76?,77?,78?/m1/s1. The third-order valence-electron chi connectivity index (χ3n) is 19.0. The molecular weight excluding hydrogens is 1540 g/mol. The number of aromatic nitrogens is 1. The van der Waals surface area contributed by atoms with Crippen molar-refractivity contribution in [3.63, 3.8) is 0 Å². The molecule has 0 aromatic carbocycles. The SMILES string of the molecule is [C-]#[N+]C(C)(CCC(=O)CCCOCCOCCC(=O)CCCOCCOCCC(=O)CCCCCCO[C@@H]1O[C@H](CO)[C@H](O)[C@H](O)[C@H]1NC(C)=O)CC(C)(CC(C)(CC(C)(CC(CCC)(C(=O)O)C(C)(SC(=S)SCC)C(=O)OCCSSc1ccccn1)C(=O)OCCCC)C(=O)OCCN(C)C)C(=O)OCCOC. The number of thioether (sulfide) groups is 2. The van der Waals surface area contributed by atoms with E-state index in [9.17, 15) is 49.2 Å². The van der Waals surface area contributed by atoms with Crippen molar-refractivity contribution in [1.29, 1.82) is 0 Å². The number of hydrogen-bond donors (Lipinski definition) is 5. The van der Waals surface area contributed by atoms with Crippen LogP contribution >= 0.6 is 57.3 Å². The summed E-state index contributed by atoms with van der Waals surface area (Å²) in [5.41, 5.74) is -9.08. The topological polar surface area (TPSA) is 369 Å². The van der Waals surface area contributed by atoms with Gasteiger partial charge in [0.15, 0.2) is 6.29 Å². The van der Waals surface area contributed by atoms with Crippen LogP contribution in [0, 0.1) is 28.2 Å². The van der Waals surface area contributed by atoms with E-state index in [1.54, 1.807) is 59.0 Å². The van der Waals surface area contributed by atoms with E-state index in [1.807, 2.05) is 26.0 Å². The highest BCUT2D eigenvalue weighted by Crippen LogP contribution is 2.58. The van der Waals surface area contributed by atoms with Crippen LogP contribution in [0.4, 0.5) is 0 Å². The lowest BCUT2D eigenvalue weighted by molar-refractivity contribution is -0.270. The predicted octanol–water partition coefficient (Wildman–Crippen LogP) is 10.5. The highest BCUT2D eigenvalue weighted by atomic mass is 33.1. The van der Waals surface area contributed by atoms with Gasteiger partial charge in [-0.3, -0.25) is 43.2 Å². The molecule has 1 aromatic heterocycles. The second-order valence-electron chi connectivity index (χ2n) is 29.5. The number of carbonyl (C=O) groups excluding carboxylic acids is 8. The number of aliphatic hydroxyl groups is 3. The molecule has 1 aliphatic rings. The van der Waals surface area contributed by atoms with E-state index in [-0.39, 0.29) is 145 Å². The van der Waals surface area contributed by atoms with Gasteiger partial charge in [-0.2, -0.15) is 0 Å². The molecule has 111 heavy (non-hydrogen) atoms. The number of hydrogen-bond acceptors (Lipinski definition) is 30. The average Bonchev–Trinajstić information content (AvgIpc) is 0.731. The first-order chi connectivity index (χ1) is 52.7. The first-order valence-electron chi connectivity index (χ1n) is 38.6. The van der Waals surface area contributed by atoms with Gasteiger partial charge in [0.05, 0.1) is 81.1 Å². The van der Waals surface area contributed by atoms with Gasteiger partial charge < -0.3 is 87.6 Å². The third kappa shape index (κ3) is 38.4. The molecule has 0 saturated carbocycles. The molecule has 0 bridgehead atoms. The Balaban J connectivity index is 2.07. The number of likely N-dealkylation sites (N-methyl/N-ethyl adjacent to an activating group) is 1. The van der Waals surface area contributed by atoms with Gasteiger partial charge in [-0.1, -0.05) is 87.3 Å². The van der Waals surface area contributed by atoms with Crippen molar-refractivity contribution in [3.8, 4) is 0 Å². The van der Waals surface area contributed by atoms with E-state index in [1.165, 1.54) is 61.2 Å². The van der Waals surface area contributed by atoms with Crippen molar-refractivity contribution in [2.75, 3.05) is 138 Å². The van der Waals surface area contributed by atoms with Crippen LogP contribution in [-0.4, -0.2) is 266 Å². The maximum atomic E-state index is 15.3. The van der Waals surface area contributed by atoms with Crippen molar-refractivity contribution in [2.24, 2.45) is 21.7 Å². The molecule has 0 radical (unpaired) electrons. The van der Waals surface area contributed by atoms with Gasteiger partial charge in [-0.25, -0.2) is 11.6 Å². The fraction of sp³-hybridized carbons (Fsp3) is 0.795. The molecule has 0 spiro atoms. The van der Waals surface area contributed by atoms with Crippen LogP contribution in [-0.2, 0) is 95.3 Å². The van der Waals surface area contributed by atoms with Gasteiger partial charge >= 0.3 is 29.8 Å². The molecule has 2 rings (SSSR count). The number of thiocarbonyl (C=S) groups is 1. The Hall–Kier alpha value is -4.48. The molecule has 5 N–H and O–H groups in total. The molecule has 634 valence electrons.